The summed E-state index contributed by atoms with van der Waals surface area (Å²) in [5, 5.41) is 2.45. The van der Waals surface area contributed by atoms with Gasteiger partial charge in [-0.05, 0) is 91.0 Å². The maximum atomic E-state index is 5.29. The van der Waals surface area contributed by atoms with Gasteiger partial charge in [0, 0.05) is 22.3 Å². The highest BCUT2D eigenvalue weighted by Crippen LogP contribution is 2.33. The molecule has 51 heavy (non-hydrogen) atoms. The number of hydrogen-bond donors (Lipinski definition) is 0. The second-order valence-electron chi connectivity index (χ2n) is 12.5. The lowest BCUT2D eigenvalue weighted by molar-refractivity contribution is 1.14. The van der Waals surface area contributed by atoms with Gasteiger partial charge in [0.1, 0.15) is 0 Å². The molecule has 2 nitrogen and oxygen atoms in total. The lowest BCUT2D eigenvalue weighted by Crippen LogP contribution is -2.01. The second-order valence-corrected chi connectivity index (χ2v) is 12.5. The average Bonchev–Trinajstić information content (AvgIpc) is 3.16. The molecule has 0 spiro atoms. The topological polar surface area (TPSA) is 25.8 Å². The third-order valence-electron chi connectivity index (χ3n) is 8.88. The monoisotopic (exact) mass is 660 g/mol. The van der Waals surface area contributed by atoms with E-state index in [-0.39, 0.29) is 0 Å². The Labute approximate surface area is 304 Å². The van der Waals surface area contributed by atoms with E-state index < -0.39 is 0 Å². The van der Waals surface area contributed by atoms with E-state index in [1.165, 1.54) is 16.3 Å². The number of terminal acetylenes is 1. The lowest BCUT2D eigenvalue weighted by atomic mass is 9.96. The largest absolute Gasteiger partial charge is 0.228 e. The highest BCUT2D eigenvalue weighted by atomic mass is 14.9. The third-order valence-corrected chi connectivity index (χ3v) is 8.88. The van der Waals surface area contributed by atoms with E-state index in [0.29, 0.717) is 0 Å². The summed E-state index contributed by atoms with van der Waals surface area (Å²) in [6, 6.07) is 41.7. The molecule has 6 rings (SSSR count). The minimum absolute atomic E-state index is 0.737. The van der Waals surface area contributed by atoms with Gasteiger partial charge in [-0.1, -0.05) is 158 Å². The SMILES string of the molecule is C#C\C=C/C(=C\C)C(/C)=C/C(=C)c1cccc2ccccc12.C=C(C)c1ccc(-c2nc(-c3ccccc3)c(C)c(-c3ccccc3C)n2)cc1. The molecule has 0 aliphatic rings. The van der Waals surface area contributed by atoms with Crippen LogP contribution in [0.4, 0.5) is 0 Å². The molecule has 250 valence electrons. The van der Waals surface area contributed by atoms with Crippen molar-refractivity contribution < 1.29 is 0 Å². The first kappa shape index (κ1) is 36.0. The number of hydrogen-bond acceptors (Lipinski definition) is 2. The van der Waals surface area contributed by atoms with Gasteiger partial charge in [-0.25, -0.2) is 9.97 Å². The zero-order valence-electron chi connectivity index (χ0n) is 30.2. The van der Waals surface area contributed by atoms with E-state index in [2.05, 4.69) is 155 Å². The number of allylic oxidation sites excluding steroid dienone is 8. The summed E-state index contributed by atoms with van der Waals surface area (Å²) < 4.78 is 0. The van der Waals surface area contributed by atoms with Gasteiger partial charge in [0.25, 0.3) is 0 Å². The van der Waals surface area contributed by atoms with E-state index in [0.717, 1.165) is 72.9 Å². The Bertz CT molecular complexity index is 2320. The van der Waals surface area contributed by atoms with Crippen LogP contribution in [0.25, 0.3) is 55.8 Å². The van der Waals surface area contributed by atoms with Gasteiger partial charge < -0.3 is 0 Å². The number of aryl methyl sites for hydroxylation is 1. The molecular formula is C49H44N2. The molecule has 0 fully saturated rings. The predicted molar refractivity (Wildman–Crippen MR) is 221 cm³/mol. The maximum Gasteiger partial charge on any atom is 0.160 e. The molecule has 0 bridgehead atoms. The first-order chi connectivity index (χ1) is 24.7. The third kappa shape index (κ3) is 8.66. The molecule has 0 saturated heterocycles. The molecule has 0 radical (unpaired) electrons. The fraction of sp³-hybridized carbons (Fsp3) is 0.102. The standard InChI is InChI=1S/C27H24N2.C22H20/c1-18(2)21-14-16-23(17-15-21)27-28-25(22-11-6-5-7-12-22)20(4)26(29-27)24-13-9-8-10-19(24)3;1-5-7-11-19(6-2)17(3)16-18(4)21-15-10-13-20-12-8-9-14-22(20)21/h5-17H,1H2,2-4H3;1,6-16H,4H2,2-3H3/b;11-7-,17-16+,19-6+. The quantitative estimate of drug-likeness (QED) is 0.120. The van der Waals surface area contributed by atoms with Gasteiger partial charge in [-0.15, -0.1) is 6.42 Å². The number of rotatable bonds is 8. The minimum atomic E-state index is 0.737. The van der Waals surface area contributed by atoms with Crippen molar-refractivity contribution in [3.8, 4) is 46.2 Å². The smallest absolute Gasteiger partial charge is 0.160 e. The normalized spacial score (nSPS) is 11.5. The Balaban J connectivity index is 0.000000206. The molecule has 0 saturated carbocycles. The van der Waals surface area contributed by atoms with Gasteiger partial charge >= 0.3 is 0 Å². The van der Waals surface area contributed by atoms with E-state index in [4.69, 9.17) is 16.4 Å². The van der Waals surface area contributed by atoms with Gasteiger partial charge in [0.2, 0.25) is 0 Å². The fourth-order valence-corrected chi connectivity index (χ4v) is 6.05. The van der Waals surface area contributed by atoms with E-state index in [1.807, 2.05) is 38.1 Å². The van der Waals surface area contributed by atoms with Crippen LogP contribution in [0, 0.1) is 26.2 Å². The van der Waals surface area contributed by atoms with Crippen molar-refractivity contribution >= 4 is 21.9 Å². The molecule has 5 aromatic carbocycles. The van der Waals surface area contributed by atoms with Crippen LogP contribution >= 0.6 is 0 Å². The molecule has 0 aliphatic carbocycles. The Morgan fingerprint density at radius 3 is 2.04 bits per heavy atom. The predicted octanol–water partition coefficient (Wildman–Crippen LogP) is 13.1. The molecule has 0 aliphatic heterocycles. The van der Waals surface area contributed by atoms with Crippen LogP contribution in [-0.4, -0.2) is 9.97 Å². The molecule has 1 heterocycles. The van der Waals surface area contributed by atoms with Crippen LogP contribution < -0.4 is 0 Å². The minimum Gasteiger partial charge on any atom is -0.228 e. The van der Waals surface area contributed by atoms with Gasteiger partial charge in [-0.3, -0.25) is 0 Å². The Hall–Kier alpha value is -6.30. The van der Waals surface area contributed by atoms with Crippen molar-refractivity contribution in [1.29, 1.82) is 0 Å². The molecule has 0 amide bonds. The summed E-state index contributed by atoms with van der Waals surface area (Å²) in [6.45, 7) is 18.6. The van der Waals surface area contributed by atoms with Crippen molar-refractivity contribution in [3.63, 3.8) is 0 Å². The van der Waals surface area contributed by atoms with E-state index in [1.54, 1.807) is 6.08 Å². The molecule has 0 atom stereocenters. The van der Waals surface area contributed by atoms with Crippen molar-refractivity contribution in [2.75, 3.05) is 0 Å². The van der Waals surface area contributed by atoms with Crippen molar-refractivity contribution in [3.05, 3.63) is 192 Å². The Kier molecular flexibility index (Phi) is 11.9. The first-order valence-electron chi connectivity index (χ1n) is 17.1. The summed E-state index contributed by atoms with van der Waals surface area (Å²) in [6.07, 6.45) is 13.1. The molecule has 2 heteroatoms. The van der Waals surface area contributed by atoms with Crippen molar-refractivity contribution in [1.82, 2.24) is 9.97 Å². The average molecular weight is 661 g/mol. The highest BCUT2D eigenvalue weighted by Gasteiger charge is 2.16. The molecular weight excluding hydrogens is 617 g/mol. The first-order valence-corrected chi connectivity index (χ1v) is 17.1. The Morgan fingerprint density at radius 2 is 1.35 bits per heavy atom. The van der Waals surface area contributed by atoms with Crippen LogP contribution in [0.1, 0.15) is 43.0 Å². The van der Waals surface area contributed by atoms with Crippen LogP contribution in [0.2, 0.25) is 0 Å². The van der Waals surface area contributed by atoms with Gasteiger partial charge in [-0.2, -0.15) is 0 Å². The van der Waals surface area contributed by atoms with Crippen LogP contribution in [0.15, 0.2) is 170 Å². The number of aromatic nitrogens is 2. The molecule has 6 aromatic rings. The van der Waals surface area contributed by atoms with Crippen LogP contribution in [0.5, 0.6) is 0 Å². The summed E-state index contributed by atoms with van der Waals surface area (Å²) in [5.74, 6) is 3.26. The van der Waals surface area contributed by atoms with Crippen LogP contribution in [-0.2, 0) is 0 Å². The summed E-state index contributed by atoms with van der Waals surface area (Å²) >= 11 is 0. The van der Waals surface area contributed by atoms with Gasteiger partial charge in [0.05, 0.1) is 11.4 Å². The van der Waals surface area contributed by atoms with Crippen molar-refractivity contribution in [2.45, 2.75) is 34.6 Å². The van der Waals surface area contributed by atoms with E-state index >= 15 is 0 Å². The Morgan fingerprint density at radius 1 is 0.706 bits per heavy atom. The van der Waals surface area contributed by atoms with Gasteiger partial charge in [0.15, 0.2) is 5.82 Å². The lowest BCUT2D eigenvalue weighted by Gasteiger charge is -2.15. The number of fused-ring (bicyclic) bond motifs is 1. The van der Waals surface area contributed by atoms with E-state index in [9.17, 15) is 0 Å². The number of benzene rings is 5. The highest BCUT2D eigenvalue weighted by molar-refractivity contribution is 5.95. The molecule has 0 N–H and O–H groups in total. The maximum absolute atomic E-state index is 5.29. The molecule has 1 aromatic heterocycles. The second kappa shape index (κ2) is 16.9. The van der Waals surface area contributed by atoms with Crippen molar-refractivity contribution in [2.24, 2.45) is 0 Å². The molecule has 0 unspecified atom stereocenters. The zero-order chi connectivity index (χ0) is 36.3. The fourth-order valence-electron chi connectivity index (χ4n) is 6.05. The summed E-state index contributed by atoms with van der Waals surface area (Å²) in [4.78, 5) is 9.97. The zero-order valence-corrected chi connectivity index (χ0v) is 30.2. The summed E-state index contributed by atoms with van der Waals surface area (Å²) in [7, 11) is 0. The summed E-state index contributed by atoms with van der Waals surface area (Å²) in [5.41, 5.74) is 14.1. The van der Waals surface area contributed by atoms with Crippen LogP contribution in [0.3, 0.4) is 0 Å². The number of nitrogens with zero attached hydrogens (tertiary/aromatic N) is 2.